The molecule has 2 rings (SSSR count). The minimum absolute atomic E-state index is 0.737. The molecule has 3 heteroatoms. The zero-order chi connectivity index (χ0) is 21.9. The molecule has 0 saturated carbocycles. The van der Waals surface area contributed by atoms with Crippen LogP contribution < -0.4 is 16.2 Å². The Morgan fingerprint density at radius 1 is 0.633 bits per heavy atom. The normalized spacial score (nSPS) is 10.3. The van der Waals surface area contributed by atoms with E-state index >= 15 is 0 Å². The largest absolute Gasteiger partial charge is 0.491 e. The quantitative estimate of drug-likeness (QED) is 0.244. The van der Waals surface area contributed by atoms with Crippen molar-refractivity contribution in [3.05, 3.63) is 54.1 Å². The lowest BCUT2D eigenvalue weighted by Crippen LogP contribution is -2.00. The van der Waals surface area contributed by atoms with Crippen LogP contribution in [0.2, 0.25) is 0 Å². The summed E-state index contributed by atoms with van der Waals surface area (Å²) >= 11 is 0. The number of aryl methyl sites for hydroxylation is 1. The highest BCUT2D eigenvalue weighted by Crippen LogP contribution is 2.20. The lowest BCUT2D eigenvalue weighted by molar-refractivity contribution is 0.306. The Balaban J connectivity index is 0.000000467. The Hall–Kier alpha value is -2.16. The summed E-state index contributed by atoms with van der Waals surface area (Å²) in [4.78, 5) is 0. The maximum atomic E-state index is 5.84. The maximum absolute atomic E-state index is 5.84. The molecule has 0 spiro atoms. The molecule has 0 bridgehead atoms. The molecule has 0 atom stereocenters. The van der Waals surface area contributed by atoms with E-state index in [9.17, 15) is 0 Å². The van der Waals surface area contributed by atoms with Gasteiger partial charge in [-0.3, -0.25) is 0 Å². The van der Waals surface area contributed by atoms with E-state index in [0.29, 0.717) is 0 Å². The molecule has 0 saturated heterocycles. The minimum Gasteiger partial charge on any atom is -0.491 e. The fourth-order valence-corrected chi connectivity index (χ4v) is 3.30. The summed E-state index contributed by atoms with van der Waals surface area (Å²) in [6, 6.07) is 15.5. The maximum Gasteiger partial charge on any atom is 0.142 e. The molecule has 168 valence electrons. The van der Waals surface area contributed by atoms with Gasteiger partial charge in [0.15, 0.2) is 0 Å². The molecule has 0 heterocycles. The molecule has 2 aromatic rings. The number of nitrogen functional groups attached to an aromatic ring is 2. The molecular formula is C27H44N2O. The van der Waals surface area contributed by atoms with Gasteiger partial charge in [0.2, 0.25) is 0 Å². The van der Waals surface area contributed by atoms with Crippen molar-refractivity contribution in [1.82, 2.24) is 0 Å². The van der Waals surface area contributed by atoms with Crippen molar-refractivity contribution in [3.8, 4) is 5.75 Å². The van der Waals surface area contributed by atoms with Crippen LogP contribution in [-0.2, 0) is 0 Å². The van der Waals surface area contributed by atoms with E-state index in [-0.39, 0.29) is 0 Å². The Kier molecular flexibility index (Phi) is 15.2. The van der Waals surface area contributed by atoms with Gasteiger partial charge < -0.3 is 16.2 Å². The lowest BCUT2D eigenvalue weighted by Gasteiger charge is -2.08. The molecule has 3 nitrogen and oxygen atoms in total. The third-order valence-electron chi connectivity index (χ3n) is 5.25. The second-order valence-corrected chi connectivity index (χ2v) is 8.19. The first kappa shape index (κ1) is 25.9. The summed E-state index contributed by atoms with van der Waals surface area (Å²) in [5.41, 5.74) is 14.1. The van der Waals surface area contributed by atoms with Gasteiger partial charge in [0.05, 0.1) is 12.3 Å². The summed E-state index contributed by atoms with van der Waals surface area (Å²) in [6.07, 6.45) is 16.4. The minimum atomic E-state index is 0.737. The molecule has 4 N–H and O–H groups in total. The molecule has 30 heavy (non-hydrogen) atoms. The molecular weight excluding hydrogens is 368 g/mol. The van der Waals surface area contributed by atoms with Crippen molar-refractivity contribution in [1.29, 1.82) is 0 Å². The molecule has 0 aliphatic carbocycles. The molecule has 2 aromatic carbocycles. The van der Waals surface area contributed by atoms with Gasteiger partial charge in [0.25, 0.3) is 0 Å². The lowest BCUT2D eigenvalue weighted by atomic mass is 10.1. The van der Waals surface area contributed by atoms with Gasteiger partial charge in [0.1, 0.15) is 5.75 Å². The van der Waals surface area contributed by atoms with Gasteiger partial charge in [-0.1, -0.05) is 107 Å². The van der Waals surface area contributed by atoms with E-state index < -0.39 is 0 Å². The van der Waals surface area contributed by atoms with Gasteiger partial charge in [0, 0.05) is 5.69 Å². The van der Waals surface area contributed by atoms with Crippen molar-refractivity contribution in [2.45, 2.75) is 90.9 Å². The van der Waals surface area contributed by atoms with Crippen LogP contribution in [0.1, 0.15) is 89.5 Å². The summed E-state index contributed by atoms with van der Waals surface area (Å²) in [5.74, 6) is 0.825. The van der Waals surface area contributed by atoms with E-state index in [1.54, 1.807) is 0 Å². The van der Waals surface area contributed by atoms with Gasteiger partial charge in [-0.25, -0.2) is 0 Å². The molecule has 0 fully saturated rings. The topological polar surface area (TPSA) is 61.3 Å². The number of rotatable bonds is 14. The molecule has 0 unspecified atom stereocenters. The average Bonchev–Trinajstić information content (AvgIpc) is 2.75. The number of unbranched alkanes of at least 4 members (excludes halogenated alkanes) is 11. The van der Waals surface area contributed by atoms with E-state index in [1.165, 1.54) is 76.2 Å². The van der Waals surface area contributed by atoms with Crippen molar-refractivity contribution in [2.24, 2.45) is 0 Å². The van der Waals surface area contributed by atoms with E-state index in [1.807, 2.05) is 55.5 Å². The van der Waals surface area contributed by atoms with Crippen molar-refractivity contribution < 1.29 is 4.74 Å². The summed E-state index contributed by atoms with van der Waals surface area (Å²) in [6.45, 7) is 5.10. The predicted octanol–water partition coefficient (Wildman–Crippen LogP) is 7.93. The van der Waals surface area contributed by atoms with Crippen LogP contribution in [0.5, 0.6) is 5.75 Å². The zero-order valence-electron chi connectivity index (χ0n) is 19.4. The van der Waals surface area contributed by atoms with Gasteiger partial charge in [-0.2, -0.15) is 0 Å². The predicted molar refractivity (Wildman–Crippen MR) is 133 cm³/mol. The first-order valence-corrected chi connectivity index (χ1v) is 11.9. The van der Waals surface area contributed by atoms with Gasteiger partial charge >= 0.3 is 0 Å². The number of ether oxygens (including phenoxy) is 1. The van der Waals surface area contributed by atoms with Crippen LogP contribution in [-0.4, -0.2) is 6.61 Å². The van der Waals surface area contributed by atoms with Crippen LogP contribution in [0.25, 0.3) is 0 Å². The van der Waals surface area contributed by atoms with Crippen molar-refractivity contribution >= 4 is 11.4 Å². The number of nitrogens with two attached hydrogens (primary N) is 2. The standard InChI is InChI=1S/C20H35NO.C7H9N/c1-2-3-4-5-6-7-8-9-10-11-12-15-18-22-20-17-14-13-16-19(20)21;1-6-2-4-7(8)5-3-6/h13-14,16-17H,2-12,15,18,21H2,1H3;2-5H,8H2,1H3. The Labute approximate surface area is 185 Å². The van der Waals surface area contributed by atoms with E-state index in [4.69, 9.17) is 16.2 Å². The average molecular weight is 413 g/mol. The van der Waals surface area contributed by atoms with Crippen LogP contribution >= 0.6 is 0 Å². The number of hydrogen-bond acceptors (Lipinski definition) is 3. The number of para-hydroxylation sites is 2. The zero-order valence-corrected chi connectivity index (χ0v) is 19.4. The van der Waals surface area contributed by atoms with Crippen molar-refractivity contribution in [3.63, 3.8) is 0 Å². The van der Waals surface area contributed by atoms with E-state index in [0.717, 1.165) is 30.2 Å². The third kappa shape index (κ3) is 13.9. The first-order chi connectivity index (χ1) is 14.6. The number of benzene rings is 2. The van der Waals surface area contributed by atoms with Crippen LogP contribution in [0.4, 0.5) is 11.4 Å². The summed E-state index contributed by atoms with van der Waals surface area (Å²) in [7, 11) is 0. The van der Waals surface area contributed by atoms with Crippen LogP contribution in [0, 0.1) is 6.92 Å². The Morgan fingerprint density at radius 2 is 1.13 bits per heavy atom. The van der Waals surface area contributed by atoms with Crippen molar-refractivity contribution in [2.75, 3.05) is 18.1 Å². The van der Waals surface area contributed by atoms with Gasteiger partial charge in [-0.05, 0) is 37.6 Å². The van der Waals surface area contributed by atoms with E-state index in [2.05, 4.69) is 6.92 Å². The highest BCUT2D eigenvalue weighted by atomic mass is 16.5. The molecule has 0 radical (unpaired) electrons. The summed E-state index contributed by atoms with van der Waals surface area (Å²) in [5, 5.41) is 0. The second-order valence-electron chi connectivity index (χ2n) is 8.19. The van der Waals surface area contributed by atoms with Crippen LogP contribution in [0.15, 0.2) is 48.5 Å². The molecule has 0 aliphatic heterocycles. The Bertz CT molecular complexity index is 619. The fourth-order valence-electron chi connectivity index (χ4n) is 3.30. The molecule has 0 aliphatic rings. The third-order valence-corrected chi connectivity index (χ3v) is 5.25. The van der Waals surface area contributed by atoms with Crippen LogP contribution in [0.3, 0.4) is 0 Å². The summed E-state index contributed by atoms with van der Waals surface area (Å²) < 4.78 is 5.70. The monoisotopic (exact) mass is 412 g/mol. The highest BCUT2D eigenvalue weighted by Gasteiger charge is 1.98. The molecule has 0 aromatic heterocycles. The smallest absolute Gasteiger partial charge is 0.142 e. The number of anilines is 2. The first-order valence-electron chi connectivity index (χ1n) is 11.9. The number of hydrogen-bond donors (Lipinski definition) is 2. The Morgan fingerprint density at radius 3 is 1.63 bits per heavy atom. The SMILES string of the molecule is CCCCCCCCCCCCCCOc1ccccc1N.Cc1ccc(N)cc1. The second kappa shape index (κ2) is 17.7. The van der Waals surface area contributed by atoms with Gasteiger partial charge in [-0.15, -0.1) is 0 Å². The molecule has 0 amide bonds. The highest BCUT2D eigenvalue weighted by molar-refractivity contribution is 5.51. The fraction of sp³-hybridized carbons (Fsp3) is 0.556.